The van der Waals surface area contributed by atoms with Gasteiger partial charge in [-0.2, -0.15) is 10.2 Å². The second-order valence-electron chi connectivity index (χ2n) is 7.14. The lowest BCUT2D eigenvalue weighted by atomic mass is 10.1. The molecule has 30 heavy (non-hydrogen) atoms. The Morgan fingerprint density at radius 1 is 0.900 bits per heavy atom. The zero-order chi connectivity index (χ0) is 20.9. The maximum absolute atomic E-state index is 12.7. The highest BCUT2D eigenvalue weighted by Gasteiger charge is 2.16. The van der Waals surface area contributed by atoms with Crippen LogP contribution in [-0.2, 0) is 0 Å². The van der Waals surface area contributed by atoms with Crippen LogP contribution in [0.5, 0.6) is 0 Å². The number of aromatic nitrogens is 2. The monoisotopic (exact) mass is 394 g/mol. The van der Waals surface area contributed by atoms with Crippen LogP contribution in [0.4, 0.5) is 0 Å². The predicted octanol–water partition coefficient (Wildman–Crippen LogP) is 4.92. The first-order valence-electron chi connectivity index (χ1n) is 9.73. The summed E-state index contributed by atoms with van der Waals surface area (Å²) in [6.07, 6.45) is 1.62. The van der Waals surface area contributed by atoms with Crippen molar-refractivity contribution in [3.05, 3.63) is 107 Å². The SMILES string of the molecule is Cc1ccc(/C=N\NC(=O)c2cc(-c3ccc(C)cc3)n(-c3ccccc3)n2)cc1. The number of nitrogens with zero attached hydrogens (tertiary/aromatic N) is 3. The molecule has 1 N–H and O–H groups in total. The zero-order valence-corrected chi connectivity index (χ0v) is 16.9. The van der Waals surface area contributed by atoms with Crippen molar-refractivity contribution < 1.29 is 4.79 Å². The lowest BCUT2D eigenvalue weighted by Crippen LogP contribution is -2.18. The molecule has 4 rings (SSSR count). The van der Waals surface area contributed by atoms with Crippen molar-refractivity contribution in [2.75, 3.05) is 0 Å². The first-order valence-corrected chi connectivity index (χ1v) is 9.73. The van der Waals surface area contributed by atoms with E-state index in [4.69, 9.17) is 0 Å². The van der Waals surface area contributed by atoms with Gasteiger partial charge in [0.25, 0.3) is 5.91 Å². The fourth-order valence-corrected chi connectivity index (χ4v) is 3.06. The molecule has 5 nitrogen and oxygen atoms in total. The minimum Gasteiger partial charge on any atom is -0.265 e. The van der Waals surface area contributed by atoms with E-state index in [-0.39, 0.29) is 5.91 Å². The molecule has 0 saturated heterocycles. The van der Waals surface area contributed by atoms with E-state index in [0.717, 1.165) is 22.5 Å². The highest BCUT2D eigenvalue weighted by Crippen LogP contribution is 2.24. The minimum atomic E-state index is -0.360. The van der Waals surface area contributed by atoms with Crippen LogP contribution in [0.25, 0.3) is 16.9 Å². The second-order valence-corrected chi connectivity index (χ2v) is 7.14. The number of hydrogen-bond acceptors (Lipinski definition) is 3. The molecule has 5 heteroatoms. The normalized spacial score (nSPS) is 11.0. The van der Waals surface area contributed by atoms with Gasteiger partial charge in [-0.3, -0.25) is 4.79 Å². The maximum Gasteiger partial charge on any atom is 0.291 e. The molecule has 1 heterocycles. The third-order valence-electron chi connectivity index (χ3n) is 4.75. The quantitative estimate of drug-likeness (QED) is 0.386. The first-order chi connectivity index (χ1) is 14.6. The van der Waals surface area contributed by atoms with E-state index < -0.39 is 0 Å². The Morgan fingerprint density at radius 2 is 1.53 bits per heavy atom. The van der Waals surface area contributed by atoms with Crippen LogP contribution in [0.15, 0.2) is 90.0 Å². The van der Waals surface area contributed by atoms with Gasteiger partial charge in [0.1, 0.15) is 0 Å². The highest BCUT2D eigenvalue weighted by molar-refractivity contribution is 5.94. The van der Waals surface area contributed by atoms with Gasteiger partial charge in [0.15, 0.2) is 5.69 Å². The zero-order valence-electron chi connectivity index (χ0n) is 16.9. The summed E-state index contributed by atoms with van der Waals surface area (Å²) in [6, 6.07) is 27.6. The molecule has 1 amide bonds. The number of para-hydroxylation sites is 1. The Morgan fingerprint density at radius 3 is 2.20 bits per heavy atom. The van der Waals surface area contributed by atoms with E-state index in [9.17, 15) is 4.79 Å². The van der Waals surface area contributed by atoms with Gasteiger partial charge in [-0.05, 0) is 37.6 Å². The molecule has 148 valence electrons. The van der Waals surface area contributed by atoms with Crippen LogP contribution in [-0.4, -0.2) is 21.9 Å². The molecule has 0 unspecified atom stereocenters. The van der Waals surface area contributed by atoms with E-state index in [1.807, 2.05) is 92.7 Å². The number of carbonyl (C=O) groups is 1. The smallest absolute Gasteiger partial charge is 0.265 e. The largest absolute Gasteiger partial charge is 0.291 e. The van der Waals surface area contributed by atoms with Gasteiger partial charge in [-0.1, -0.05) is 77.9 Å². The fourth-order valence-electron chi connectivity index (χ4n) is 3.06. The third-order valence-corrected chi connectivity index (χ3v) is 4.75. The molecule has 0 saturated carbocycles. The fraction of sp³-hybridized carbons (Fsp3) is 0.0800. The van der Waals surface area contributed by atoms with E-state index in [1.54, 1.807) is 17.0 Å². The molecule has 3 aromatic carbocycles. The van der Waals surface area contributed by atoms with E-state index >= 15 is 0 Å². The third kappa shape index (κ3) is 4.36. The van der Waals surface area contributed by atoms with Crippen LogP contribution in [0, 0.1) is 13.8 Å². The Balaban J connectivity index is 1.62. The number of carbonyl (C=O) groups excluding carboxylic acids is 1. The highest BCUT2D eigenvalue weighted by atomic mass is 16.2. The summed E-state index contributed by atoms with van der Waals surface area (Å²) in [4.78, 5) is 12.7. The molecule has 0 aliphatic carbocycles. The van der Waals surface area contributed by atoms with Crippen molar-refractivity contribution in [3.63, 3.8) is 0 Å². The van der Waals surface area contributed by atoms with Crippen molar-refractivity contribution in [1.82, 2.24) is 15.2 Å². The number of rotatable bonds is 5. The molecule has 0 aliphatic rings. The summed E-state index contributed by atoms with van der Waals surface area (Å²) >= 11 is 0. The Bertz CT molecular complexity index is 1170. The predicted molar refractivity (Wildman–Crippen MR) is 120 cm³/mol. The van der Waals surface area contributed by atoms with Gasteiger partial charge in [-0.15, -0.1) is 0 Å². The second kappa shape index (κ2) is 8.57. The lowest BCUT2D eigenvalue weighted by molar-refractivity contribution is 0.0949. The average molecular weight is 394 g/mol. The van der Waals surface area contributed by atoms with Gasteiger partial charge in [0.2, 0.25) is 0 Å². The van der Waals surface area contributed by atoms with Crippen molar-refractivity contribution in [2.24, 2.45) is 5.10 Å². The summed E-state index contributed by atoms with van der Waals surface area (Å²) in [5.74, 6) is -0.360. The molecule has 0 spiro atoms. The molecule has 0 radical (unpaired) electrons. The number of aryl methyl sites for hydroxylation is 2. The average Bonchev–Trinajstić information content (AvgIpc) is 3.22. The number of hydrazone groups is 1. The molecular weight excluding hydrogens is 372 g/mol. The van der Waals surface area contributed by atoms with Crippen LogP contribution in [0.3, 0.4) is 0 Å². The Kier molecular flexibility index (Phi) is 5.52. The minimum absolute atomic E-state index is 0.301. The van der Waals surface area contributed by atoms with E-state index in [1.165, 1.54) is 11.1 Å². The summed E-state index contributed by atoms with van der Waals surface area (Å²) in [5.41, 5.74) is 8.84. The van der Waals surface area contributed by atoms with Crippen molar-refractivity contribution >= 4 is 12.1 Å². The molecule has 1 aromatic heterocycles. The number of nitrogens with one attached hydrogen (secondary N) is 1. The number of amides is 1. The van der Waals surface area contributed by atoms with Crippen LogP contribution in [0.2, 0.25) is 0 Å². The summed E-state index contributed by atoms with van der Waals surface area (Å²) in [7, 11) is 0. The van der Waals surface area contributed by atoms with E-state index in [0.29, 0.717) is 5.69 Å². The van der Waals surface area contributed by atoms with Crippen LogP contribution in [0.1, 0.15) is 27.2 Å². The van der Waals surface area contributed by atoms with Crippen LogP contribution >= 0.6 is 0 Å². The topological polar surface area (TPSA) is 59.3 Å². The van der Waals surface area contributed by atoms with Gasteiger partial charge in [-0.25, -0.2) is 10.1 Å². The molecule has 0 fully saturated rings. The number of hydrogen-bond donors (Lipinski definition) is 1. The molecule has 0 aliphatic heterocycles. The summed E-state index contributed by atoms with van der Waals surface area (Å²) in [5, 5.41) is 8.62. The van der Waals surface area contributed by atoms with Crippen molar-refractivity contribution in [3.8, 4) is 16.9 Å². The van der Waals surface area contributed by atoms with Gasteiger partial charge in [0, 0.05) is 5.56 Å². The molecule has 4 aromatic rings. The van der Waals surface area contributed by atoms with Crippen molar-refractivity contribution in [2.45, 2.75) is 13.8 Å². The summed E-state index contributed by atoms with van der Waals surface area (Å²) in [6.45, 7) is 4.07. The van der Waals surface area contributed by atoms with Gasteiger partial charge in [0.05, 0.1) is 17.6 Å². The van der Waals surface area contributed by atoms with Gasteiger partial charge >= 0.3 is 0 Å². The molecular formula is C25H22N4O. The maximum atomic E-state index is 12.7. The van der Waals surface area contributed by atoms with Crippen molar-refractivity contribution in [1.29, 1.82) is 0 Å². The van der Waals surface area contributed by atoms with Crippen LogP contribution < -0.4 is 5.43 Å². The lowest BCUT2D eigenvalue weighted by Gasteiger charge is -2.07. The van der Waals surface area contributed by atoms with E-state index in [2.05, 4.69) is 15.6 Å². The van der Waals surface area contributed by atoms with Gasteiger partial charge < -0.3 is 0 Å². The summed E-state index contributed by atoms with van der Waals surface area (Å²) < 4.78 is 1.78. The first kappa shape index (κ1) is 19.3. The Labute approximate surface area is 175 Å². The number of benzene rings is 3. The standard InChI is InChI=1S/C25H22N4O/c1-18-8-12-20(13-9-18)17-26-27-25(30)23-16-24(21-14-10-19(2)11-15-21)29(28-23)22-6-4-3-5-7-22/h3-17H,1-2H3,(H,27,30)/b26-17-. The molecule has 0 atom stereocenters. The molecule has 0 bridgehead atoms. The Hall–Kier alpha value is -3.99.